The number of thiocarbonyl (C=S) groups is 1. The summed E-state index contributed by atoms with van der Waals surface area (Å²) < 4.78 is 4.70. The van der Waals surface area contributed by atoms with Crippen molar-refractivity contribution in [2.75, 3.05) is 25.1 Å². The van der Waals surface area contributed by atoms with E-state index in [0.29, 0.717) is 17.4 Å². The molecule has 104 valence electrons. The number of aryl methyl sites for hydroxylation is 1. The molecule has 1 aromatic heterocycles. The molecule has 19 heavy (non-hydrogen) atoms. The van der Waals surface area contributed by atoms with Crippen molar-refractivity contribution in [2.45, 2.75) is 20.3 Å². The summed E-state index contributed by atoms with van der Waals surface area (Å²) in [5.41, 5.74) is 7.21. The Balaban J connectivity index is 3.07. The monoisotopic (exact) mass is 281 g/mol. The van der Waals surface area contributed by atoms with Crippen molar-refractivity contribution in [3.05, 3.63) is 23.4 Å². The topological polar surface area (TPSA) is 68.5 Å². The maximum atomic E-state index is 11.4. The number of methoxy groups -OCH3 is 1. The number of hydrogen-bond donors (Lipinski definition) is 1. The smallest absolute Gasteiger partial charge is 0.325 e. The molecule has 2 N–H and O–H groups in total. The molecule has 0 radical (unpaired) electrons. The van der Waals surface area contributed by atoms with Crippen molar-refractivity contribution in [3.63, 3.8) is 0 Å². The normalized spacial score (nSPS) is 10.1. The molecule has 0 aliphatic rings. The third kappa shape index (κ3) is 4.48. The summed E-state index contributed by atoms with van der Waals surface area (Å²) in [6, 6.07) is 3.63. The van der Waals surface area contributed by atoms with Crippen LogP contribution in [0.2, 0.25) is 0 Å². The molecule has 1 rings (SSSR count). The van der Waals surface area contributed by atoms with Gasteiger partial charge in [0.2, 0.25) is 0 Å². The largest absolute Gasteiger partial charge is 0.468 e. The van der Waals surface area contributed by atoms with Crippen molar-refractivity contribution in [1.82, 2.24) is 4.98 Å². The maximum Gasteiger partial charge on any atom is 0.325 e. The Hall–Kier alpha value is -1.69. The minimum absolute atomic E-state index is 0.164. The summed E-state index contributed by atoms with van der Waals surface area (Å²) in [5.74, 6) is 0.392. The molecule has 6 heteroatoms. The Labute approximate surface area is 118 Å². The molecule has 1 aromatic rings. The molecule has 0 bridgehead atoms. The number of ether oxygens (including phenoxy) is 1. The van der Waals surface area contributed by atoms with Crippen LogP contribution in [0.5, 0.6) is 0 Å². The van der Waals surface area contributed by atoms with Gasteiger partial charge in [-0.2, -0.15) is 0 Å². The molecule has 0 atom stereocenters. The van der Waals surface area contributed by atoms with Crippen molar-refractivity contribution in [3.8, 4) is 0 Å². The van der Waals surface area contributed by atoms with Gasteiger partial charge in [-0.15, -0.1) is 0 Å². The standard InChI is InChI=1S/C13H19N3O2S/c1-4-5-16(8-12(17)18-3)11-7-10(13(14)19)6-9(2)15-11/h6-7H,4-5,8H2,1-3H3,(H2,14,19). The molecule has 0 aliphatic heterocycles. The predicted molar refractivity (Wildman–Crippen MR) is 79.4 cm³/mol. The second-order valence-electron chi connectivity index (χ2n) is 4.22. The lowest BCUT2D eigenvalue weighted by Crippen LogP contribution is -2.32. The molecule has 5 nitrogen and oxygen atoms in total. The van der Waals surface area contributed by atoms with E-state index in [2.05, 4.69) is 4.98 Å². The van der Waals surface area contributed by atoms with Crippen LogP contribution in [0, 0.1) is 6.92 Å². The van der Waals surface area contributed by atoms with Gasteiger partial charge in [-0.3, -0.25) is 4.79 Å². The Morgan fingerprint density at radius 1 is 1.53 bits per heavy atom. The fourth-order valence-electron chi connectivity index (χ4n) is 1.72. The average Bonchev–Trinajstić information content (AvgIpc) is 2.37. The summed E-state index contributed by atoms with van der Waals surface area (Å²) in [6.45, 7) is 4.78. The first-order valence-electron chi connectivity index (χ1n) is 6.08. The molecule has 0 amide bonds. The summed E-state index contributed by atoms with van der Waals surface area (Å²) in [7, 11) is 1.37. The molecule has 0 spiro atoms. The van der Waals surface area contributed by atoms with Gasteiger partial charge in [0.05, 0.1) is 7.11 Å². The maximum absolute atomic E-state index is 11.4. The van der Waals surface area contributed by atoms with Crippen molar-refractivity contribution in [2.24, 2.45) is 5.73 Å². The second kappa shape index (κ2) is 7.04. The lowest BCUT2D eigenvalue weighted by atomic mass is 10.2. The first kappa shape index (κ1) is 15.4. The molecule has 0 saturated heterocycles. The van der Waals surface area contributed by atoms with Crippen LogP contribution < -0.4 is 10.6 Å². The number of anilines is 1. The minimum Gasteiger partial charge on any atom is -0.468 e. The lowest BCUT2D eigenvalue weighted by molar-refractivity contribution is -0.138. The van der Waals surface area contributed by atoms with E-state index < -0.39 is 0 Å². The number of nitrogens with zero attached hydrogens (tertiary/aromatic N) is 2. The Bertz CT molecular complexity index is 477. The molecule has 0 aliphatic carbocycles. The van der Waals surface area contributed by atoms with Gasteiger partial charge in [-0.1, -0.05) is 19.1 Å². The number of aromatic nitrogens is 1. The molecule has 0 saturated carbocycles. The second-order valence-corrected chi connectivity index (χ2v) is 4.66. The number of carbonyl (C=O) groups excluding carboxylic acids is 1. The zero-order chi connectivity index (χ0) is 14.4. The van der Waals surface area contributed by atoms with E-state index in [-0.39, 0.29) is 12.5 Å². The lowest BCUT2D eigenvalue weighted by Gasteiger charge is -2.22. The van der Waals surface area contributed by atoms with Gasteiger partial charge in [0.1, 0.15) is 17.4 Å². The Kier molecular flexibility index (Phi) is 5.69. The average molecular weight is 281 g/mol. The zero-order valence-electron chi connectivity index (χ0n) is 11.5. The number of nitrogens with two attached hydrogens (primary N) is 1. The summed E-state index contributed by atoms with van der Waals surface area (Å²) >= 11 is 4.98. The highest BCUT2D eigenvalue weighted by atomic mass is 32.1. The quantitative estimate of drug-likeness (QED) is 0.628. The van der Waals surface area contributed by atoms with Gasteiger partial charge in [0.15, 0.2) is 0 Å². The van der Waals surface area contributed by atoms with E-state index in [1.54, 1.807) is 6.07 Å². The van der Waals surface area contributed by atoms with Crippen LogP contribution >= 0.6 is 12.2 Å². The van der Waals surface area contributed by atoms with Crippen molar-refractivity contribution >= 4 is 29.0 Å². The number of esters is 1. The van der Waals surface area contributed by atoms with Crippen LogP contribution in [-0.2, 0) is 9.53 Å². The minimum atomic E-state index is -0.298. The van der Waals surface area contributed by atoms with Gasteiger partial charge in [-0.05, 0) is 25.5 Å². The summed E-state index contributed by atoms with van der Waals surface area (Å²) in [5, 5.41) is 0. The fourth-order valence-corrected chi connectivity index (χ4v) is 1.84. The van der Waals surface area contributed by atoms with Gasteiger partial charge in [0, 0.05) is 17.8 Å². The Morgan fingerprint density at radius 3 is 2.74 bits per heavy atom. The number of rotatable bonds is 6. The predicted octanol–water partition coefficient (Wildman–Crippen LogP) is 1.41. The molecular weight excluding hydrogens is 262 g/mol. The van der Waals surface area contributed by atoms with Crippen LogP contribution in [0.15, 0.2) is 12.1 Å². The SMILES string of the molecule is CCCN(CC(=O)OC)c1cc(C(N)=S)cc(C)n1. The number of hydrogen-bond acceptors (Lipinski definition) is 5. The van der Waals surface area contributed by atoms with Crippen LogP contribution in [0.4, 0.5) is 5.82 Å². The van der Waals surface area contributed by atoms with Crippen molar-refractivity contribution < 1.29 is 9.53 Å². The first-order chi connectivity index (χ1) is 8.97. The van der Waals surface area contributed by atoms with Crippen molar-refractivity contribution in [1.29, 1.82) is 0 Å². The fraction of sp³-hybridized carbons (Fsp3) is 0.462. The third-order valence-corrected chi connectivity index (χ3v) is 2.83. The molecule has 0 aromatic carbocycles. The van der Waals surface area contributed by atoms with Crippen LogP contribution in [0.1, 0.15) is 24.6 Å². The van der Waals surface area contributed by atoms with Gasteiger partial charge >= 0.3 is 5.97 Å². The van der Waals surface area contributed by atoms with E-state index in [1.807, 2.05) is 24.8 Å². The van der Waals surface area contributed by atoms with Gasteiger partial charge in [-0.25, -0.2) is 4.98 Å². The highest BCUT2D eigenvalue weighted by molar-refractivity contribution is 7.80. The number of pyridine rings is 1. The zero-order valence-corrected chi connectivity index (χ0v) is 12.3. The number of carbonyl (C=O) groups is 1. The van der Waals surface area contributed by atoms with E-state index >= 15 is 0 Å². The van der Waals surface area contributed by atoms with E-state index in [1.165, 1.54) is 7.11 Å². The highest BCUT2D eigenvalue weighted by Gasteiger charge is 2.14. The highest BCUT2D eigenvalue weighted by Crippen LogP contribution is 2.15. The Morgan fingerprint density at radius 2 is 2.21 bits per heavy atom. The van der Waals surface area contributed by atoms with E-state index in [4.69, 9.17) is 22.7 Å². The summed E-state index contributed by atoms with van der Waals surface area (Å²) in [4.78, 5) is 18.0. The van der Waals surface area contributed by atoms with E-state index in [9.17, 15) is 4.79 Å². The molecule has 1 heterocycles. The van der Waals surface area contributed by atoms with Crippen LogP contribution in [-0.4, -0.2) is 36.1 Å². The van der Waals surface area contributed by atoms with Crippen LogP contribution in [0.3, 0.4) is 0 Å². The van der Waals surface area contributed by atoms with Crippen LogP contribution in [0.25, 0.3) is 0 Å². The third-order valence-electron chi connectivity index (χ3n) is 2.59. The molecule has 0 fully saturated rings. The van der Waals surface area contributed by atoms with Gasteiger partial charge < -0.3 is 15.4 Å². The molecule has 0 unspecified atom stereocenters. The molecular formula is C13H19N3O2S. The summed E-state index contributed by atoms with van der Waals surface area (Å²) in [6.07, 6.45) is 0.898. The first-order valence-corrected chi connectivity index (χ1v) is 6.49. The van der Waals surface area contributed by atoms with E-state index in [0.717, 1.165) is 17.7 Å². The van der Waals surface area contributed by atoms with Gasteiger partial charge in [0.25, 0.3) is 0 Å².